The summed E-state index contributed by atoms with van der Waals surface area (Å²) in [6, 6.07) is 4.31. The molecular weight excluding hydrogens is 244 g/mol. The highest BCUT2D eigenvalue weighted by atomic mass is 19.3. The molecule has 0 unspecified atom stereocenters. The van der Waals surface area contributed by atoms with Gasteiger partial charge in [0.2, 0.25) is 0 Å². The molecule has 0 fully saturated rings. The van der Waals surface area contributed by atoms with Crippen LogP contribution in [0.1, 0.15) is 13.3 Å². The quantitative estimate of drug-likeness (QED) is 0.643. The van der Waals surface area contributed by atoms with Crippen LogP contribution < -0.4 is 20.5 Å². The summed E-state index contributed by atoms with van der Waals surface area (Å²) in [5, 5.41) is 2.78. The number of guanidine groups is 1. The van der Waals surface area contributed by atoms with Gasteiger partial charge >= 0.3 is 6.29 Å². The Morgan fingerprint density at radius 3 is 2.83 bits per heavy atom. The van der Waals surface area contributed by atoms with E-state index in [4.69, 9.17) is 5.73 Å². The van der Waals surface area contributed by atoms with Gasteiger partial charge in [0.15, 0.2) is 17.5 Å². The second kappa shape index (κ2) is 4.67. The zero-order chi connectivity index (χ0) is 13.2. The van der Waals surface area contributed by atoms with E-state index in [-0.39, 0.29) is 17.5 Å². The molecular formula is C11H13F2N3O2. The number of benzene rings is 1. The van der Waals surface area contributed by atoms with E-state index < -0.39 is 6.29 Å². The third-order valence-corrected chi connectivity index (χ3v) is 2.18. The van der Waals surface area contributed by atoms with E-state index in [1.807, 2.05) is 6.92 Å². The fourth-order valence-electron chi connectivity index (χ4n) is 1.45. The minimum atomic E-state index is -3.61. The van der Waals surface area contributed by atoms with E-state index in [1.165, 1.54) is 12.1 Å². The number of fused-ring (bicyclic) bond motifs is 1. The summed E-state index contributed by atoms with van der Waals surface area (Å²) >= 11 is 0. The Balaban J connectivity index is 2.09. The molecule has 2 rings (SSSR count). The van der Waals surface area contributed by atoms with Crippen LogP contribution in [0.15, 0.2) is 23.2 Å². The Morgan fingerprint density at radius 1 is 1.39 bits per heavy atom. The monoisotopic (exact) mass is 257 g/mol. The molecule has 0 saturated heterocycles. The fourth-order valence-corrected chi connectivity index (χ4v) is 1.45. The lowest BCUT2D eigenvalue weighted by atomic mass is 10.3. The number of aliphatic imine (C=N–C) groups is 1. The molecule has 1 aromatic carbocycles. The van der Waals surface area contributed by atoms with E-state index in [0.717, 1.165) is 6.42 Å². The number of nitrogens with one attached hydrogen (secondary N) is 1. The molecule has 0 saturated carbocycles. The highest BCUT2D eigenvalue weighted by Crippen LogP contribution is 2.42. The standard InChI is InChI=1S/C11H13F2N3O2/c1-2-5-15-10(14)16-7-3-4-8-9(6-7)18-11(12,13)17-8/h3-4,6H,2,5H2,1H3,(H3,14,15,16). The Labute approximate surface area is 103 Å². The van der Waals surface area contributed by atoms with Crippen LogP contribution in [0.2, 0.25) is 0 Å². The number of nitrogens with two attached hydrogens (primary N) is 1. The Morgan fingerprint density at radius 2 is 2.11 bits per heavy atom. The summed E-state index contributed by atoms with van der Waals surface area (Å²) in [6.07, 6.45) is -2.74. The van der Waals surface area contributed by atoms with Gasteiger partial charge in [-0.25, -0.2) is 0 Å². The first kappa shape index (κ1) is 12.4. The largest absolute Gasteiger partial charge is 0.586 e. The van der Waals surface area contributed by atoms with Gasteiger partial charge in [-0.3, -0.25) is 4.99 Å². The average Bonchev–Trinajstić information content (AvgIpc) is 2.59. The maximum Gasteiger partial charge on any atom is 0.586 e. The number of hydrogen-bond acceptors (Lipinski definition) is 3. The lowest BCUT2D eigenvalue weighted by Gasteiger charge is -2.06. The summed E-state index contributed by atoms with van der Waals surface area (Å²) in [5.41, 5.74) is 6.12. The van der Waals surface area contributed by atoms with Crippen molar-refractivity contribution in [1.29, 1.82) is 0 Å². The molecule has 0 spiro atoms. The summed E-state index contributed by atoms with van der Waals surface area (Å²) in [7, 11) is 0. The first-order chi connectivity index (χ1) is 8.50. The zero-order valence-corrected chi connectivity index (χ0v) is 9.74. The lowest BCUT2D eigenvalue weighted by molar-refractivity contribution is -0.286. The summed E-state index contributed by atoms with van der Waals surface area (Å²) in [4.78, 5) is 4.02. The second-order valence-electron chi connectivity index (χ2n) is 3.72. The van der Waals surface area contributed by atoms with E-state index in [9.17, 15) is 8.78 Å². The number of nitrogens with zero attached hydrogens (tertiary/aromatic N) is 1. The topological polar surface area (TPSA) is 68.9 Å². The van der Waals surface area contributed by atoms with E-state index in [2.05, 4.69) is 19.8 Å². The van der Waals surface area contributed by atoms with Crippen LogP contribution in [-0.2, 0) is 0 Å². The minimum Gasteiger partial charge on any atom is -0.395 e. The average molecular weight is 257 g/mol. The fraction of sp³-hybridized carbons (Fsp3) is 0.364. The zero-order valence-electron chi connectivity index (χ0n) is 9.74. The van der Waals surface area contributed by atoms with Crippen molar-refractivity contribution < 1.29 is 18.3 Å². The number of alkyl halides is 2. The molecule has 0 aromatic heterocycles. The molecule has 0 amide bonds. The third-order valence-electron chi connectivity index (χ3n) is 2.18. The van der Waals surface area contributed by atoms with Crippen molar-refractivity contribution in [3.63, 3.8) is 0 Å². The van der Waals surface area contributed by atoms with Crippen molar-refractivity contribution in [2.24, 2.45) is 10.7 Å². The van der Waals surface area contributed by atoms with Gasteiger partial charge in [0.1, 0.15) is 0 Å². The van der Waals surface area contributed by atoms with Crippen LogP contribution in [0.4, 0.5) is 14.5 Å². The molecule has 1 heterocycles. The van der Waals surface area contributed by atoms with Crippen molar-refractivity contribution in [1.82, 2.24) is 0 Å². The second-order valence-corrected chi connectivity index (χ2v) is 3.72. The minimum absolute atomic E-state index is 0.00498. The van der Waals surface area contributed by atoms with Crippen LogP contribution in [0.3, 0.4) is 0 Å². The van der Waals surface area contributed by atoms with Crippen LogP contribution in [0.5, 0.6) is 11.5 Å². The van der Waals surface area contributed by atoms with Gasteiger partial charge in [0.05, 0.1) is 0 Å². The van der Waals surface area contributed by atoms with Gasteiger partial charge < -0.3 is 20.5 Å². The van der Waals surface area contributed by atoms with Crippen molar-refractivity contribution in [3.8, 4) is 11.5 Å². The SMILES string of the molecule is CCCN=C(N)Nc1ccc2c(c1)OC(F)(F)O2. The maximum absolute atomic E-state index is 12.8. The smallest absolute Gasteiger partial charge is 0.395 e. The number of anilines is 1. The number of rotatable bonds is 3. The van der Waals surface area contributed by atoms with E-state index in [1.54, 1.807) is 6.07 Å². The molecule has 0 aliphatic carbocycles. The Hall–Kier alpha value is -2.05. The predicted molar refractivity (Wildman–Crippen MR) is 63.0 cm³/mol. The normalized spacial score (nSPS) is 16.7. The van der Waals surface area contributed by atoms with Crippen LogP contribution in [-0.4, -0.2) is 18.8 Å². The molecule has 5 nitrogen and oxygen atoms in total. The van der Waals surface area contributed by atoms with Crippen molar-refractivity contribution in [2.75, 3.05) is 11.9 Å². The highest BCUT2D eigenvalue weighted by Gasteiger charge is 2.43. The lowest BCUT2D eigenvalue weighted by Crippen LogP contribution is -2.26. The molecule has 18 heavy (non-hydrogen) atoms. The van der Waals surface area contributed by atoms with Gasteiger partial charge in [-0.2, -0.15) is 0 Å². The molecule has 0 atom stereocenters. The summed E-state index contributed by atoms with van der Waals surface area (Å²) < 4.78 is 34.2. The third kappa shape index (κ3) is 2.79. The summed E-state index contributed by atoms with van der Waals surface area (Å²) in [5.74, 6) is 0.186. The van der Waals surface area contributed by atoms with Crippen molar-refractivity contribution in [2.45, 2.75) is 19.6 Å². The van der Waals surface area contributed by atoms with Gasteiger partial charge in [-0.05, 0) is 18.6 Å². The van der Waals surface area contributed by atoms with Crippen LogP contribution in [0.25, 0.3) is 0 Å². The molecule has 1 aromatic rings. The molecule has 0 bridgehead atoms. The van der Waals surface area contributed by atoms with Gasteiger partial charge in [0.25, 0.3) is 0 Å². The van der Waals surface area contributed by atoms with Crippen molar-refractivity contribution in [3.05, 3.63) is 18.2 Å². The highest BCUT2D eigenvalue weighted by molar-refractivity contribution is 5.92. The first-order valence-corrected chi connectivity index (χ1v) is 5.47. The number of halogens is 2. The van der Waals surface area contributed by atoms with Gasteiger partial charge in [0, 0.05) is 18.3 Å². The molecule has 0 radical (unpaired) electrons. The van der Waals surface area contributed by atoms with Crippen LogP contribution >= 0.6 is 0 Å². The van der Waals surface area contributed by atoms with Gasteiger partial charge in [-0.1, -0.05) is 6.92 Å². The Kier molecular flexibility index (Phi) is 3.22. The molecule has 3 N–H and O–H groups in total. The predicted octanol–water partition coefficient (Wildman–Crippen LogP) is 2.14. The van der Waals surface area contributed by atoms with Gasteiger partial charge in [-0.15, -0.1) is 8.78 Å². The molecule has 7 heteroatoms. The summed E-state index contributed by atoms with van der Waals surface area (Å²) in [6.45, 7) is 2.57. The first-order valence-electron chi connectivity index (χ1n) is 5.47. The molecule has 1 aliphatic heterocycles. The molecule has 1 aliphatic rings. The number of hydrogen-bond donors (Lipinski definition) is 2. The van der Waals surface area contributed by atoms with Crippen LogP contribution in [0, 0.1) is 0 Å². The maximum atomic E-state index is 12.8. The number of ether oxygens (including phenoxy) is 2. The van der Waals surface area contributed by atoms with E-state index >= 15 is 0 Å². The Bertz CT molecular complexity index is 477. The van der Waals surface area contributed by atoms with E-state index in [0.29, 0.717) is 12.2 Å². The molecule has 98 valence electrons. The van der Waals surface area contributed by atoms with Crippen molar-refractivity contribution >= 4 is 11.6 Å².